The molecule has 0 fully saturated rings. The fraction of sp³-hybridized carbons (Fsp3) is 0.217. The van der Waals surface area contributed by atoms with Crippen LogP contribution in [0.1, 0.15) is 40.0 Å². The van der Waals surface area contributed by atoms with Gasteiger partial charge in [0.25, 0.3) is 5.91 Å². The van der Waals surface area contributed by atoms with Crippen LogP contribution in [0.15, 0.2) is 60.7 Å². The first-order chi connectivity index (χ1) is 12.9. The van der Waals surface area contributed by atoms with Crippen molar-refractivity contribution in [2.45, 2.75) is 26.8 Å². The van der Waals surface area contributed by atoms with Gasteiger partial charge in [-0.15, -0.1) is 0 Å². The van der Waals surface area contributed by atoms with Crippen LogP contribution in [0, 0.1) is 13.8 Å². The summed E-state index contributed by atoms with van der Waals surface area (Å²) in [6.07, 6.45) is 0. The Morgan fingerprint density at radius 3 is 2.37 bits per heavy atom. The van der Waals surface area contributed by atoms with E-state index < -0.39 is 0 Å². The first-order valence-electron chi connectivity index (χ1n) is 9.07. The summed E-state index contributed by atoms with van der Waals surface area (Å²) < 4.78 is 0. The number of nitrogens with one attached hydrogen (secondary N) is 2. The number of aryl methyl sites for hydroxylation is 2. The van der Waals surface area contributed by atoms with Crippen LogP contribution >= 0.6 is 0 Å². The minimum atomic E-state index is -0.244. The van der Waals surface area contributed by atoms with Gasteiger partial charge in [0.15, 0.2) is 0 Å². The summed E-state index contributed by atoms with van der Waals surface area (Å²) in [5.74, 6) is -0.459. The van der Waals surface area contributed by atoms with Crippen molar-refractivity contribution in [3.05, 3.63) is 82.9 Å². The van der Waals surface area contributed by atoms with Crippen LogP contribution < -0.4 is 10.6 Å². The average Bonchev–Trinajstić information content (AvgIpc) is 2.67. The highest BCUT2D eigenvalue weighted by Crippen LogP contribution is 2.20. The zero-order valence-electron chi connectivity index (χ0n) is 15.9. The molecule has 0 aliphatic carbocycles. The average molecular weight is 360 g/mol. The summed E-state index contributed by atoms with van der Waals surface area (Å²) in [7, 11) is 0. The molecular weight excluding hydrogens is 336 g/mol. The van der Waals surface area contributed by atoms with E-state index in [0.29, 0.717) is 5.56 Å². The van der Waals surface area contributed by atoms with E-state index in [1.54, 1.807) is 6.07 Å². The van der Waals surface area contributed by atoms with E-state index in [-0.39, 0.29) is 24.4 Å². The minimum Gasteiger partial charge on any atom is -0.348 e. The molecule has 138 valence electrons. The topological polar surface area (TPSA) is 58.2 Å². The SMILES string of the molecule is Cc1ccc(C(=O)NCC(=O)NC(C)c2ccc3ccccc3c2)cc1C. The molecule has 0 spiro atoms. The molecule has 0 aliphatic rings. The Bertz CT molecular complexity index is 995. The normalized spacial score (nSPS) is 11.8. The van der Waals surface area contributed by atoms with Crippen molar-refractivity contribution in [2.24, 2.45) is 0 Å². The van der Waals surface area contributed by atoms with E-state index in [4.69, 9.17) is 0 Å². The largest absolute Gasteiger partial charge is 0.348 e. The van der Waals surface area contributed by atoms with Crippen LogP contribution in [-0.2, 0) is 4.79 Å². The number of carbonyl (C=O) groups is 2. The molecule has 0 aliphatic heterocycles. The predicted octanol–water partition coefficient (Wildman–Crippen LogP) is 4.06. The zero-order valence-corrected chi connectivity index (χ0v) is 15.9. The summed E-state index contributed by atoms with van der Waals surface area (Å²) in [4.78, 5) is 24.4. The number of hydrogen-bond donors (Lipinski definition) is 2. The second-order valence-corrected chi connectivity index (χ2v) is 6.88. The number of benzene rings is 3. The van der Waals surface area contributed by atoms with E-state index in [9.17, 15) is 9.59 Å². The smallest absolute Gasteiger partial charge is 0.251 e. The summed E-state index contributed by atoms with van der Waals surface area (Å²) in [6.45, 7) is 5.85. The maximum atomic E-state index is 12.2. The Morgan fingerprint density at radius 1 is 0.889 bits per heavy atom. The Labute approximate surface area is 159 Å². The highest BCUT2D eigenvalue weighted by molar-refractivity contribution is 5.96. The number of hydrogen-bond acceptors (Lipinski definition) is 2. The van der Waals surface area contributed by atoms with Crippen molar-refractivity contribution in [1.29, 1.82) is 0 Å². The molecule has 4 heteroatoms. The van der Waals surface area contributed by atoms with Crippen molar-refractivity contribution in [3.63, 3.8) is 0 Å². The zero-order chi connectivity index (χ0) is 19.4. The molecule has 1 unspecified atom stereocenters. The lowest BCUT2D eigenvalue weighted by molar-refractivity contribution is -0.120. The van der Waals surface area contributed by atoms with Crippen molar-refractivity contribution >= 4 is 22.6 Å². The molecule has 0 aromatic heterocycles. The number of carbonyl (C=O) groups excluding carboxylic acids is 2. The third kappa shape index (κ3) is 4.53. The van der Waals surface area contributed by atoms with E-state index >= 15 is 0 Å². The Morgan fingerprint density at radius 2 is 1.63 bits per heavy atom. The van der Waals surface area contributed by atoms with Gasteiger partial charge in [-0.3, -0.25) is 9.59 Å². The summed E-state index contributed by atoms with van der Waals surface area (Å²) in [6, 6.07) is 19.6. The van der Waals surface area contributed by atoms with Crippen LogP contribution in [0.25, 0.3) is 10.8 Å². The molecule has 0 heterocycles. The van der Waals surface area contributed by atoms with Crippen molar-refractivity contribution in [3.8, 4) is 0 Å². The van der Waals surface area contributed by atoms with Crippen molar-refractivity contribution in [1.82, 2.24) is 10.6 Å². The van der Waals surface area contributed by atoms with E-state index in [1.165, 1.54) is 5.39 Å². The van der Waals surface area contributed by atoms with Gasteiger partial charge in [-0.2, -0.15) is 0 Å². The molecule has 0 bridgehead atoms. The molecule has 4 nitrogen and oxygen atoms in total. The molecule has 0 radical (unpaired) electrons. The van der Waals surface area contributed by atoms with Gasteiger partial charge in [0.2, 0.25) is 5.91 Å². The van der Waals surface area contributed by atoms with Gasteiger partial charge in [0.05, 0.1) is 12.6 Å². The maximum Gasteiger partial charge on any atom is 0.251 e. The fourth-order valence-corrected chi connectivity index (χ4v) is 3.00. The molecule has 1 atom stereocenters. The van der Waals surface area contributed by atoms with E-state index in [1.807, 2.05) is 51.1 Å². The van der Waals surface area contributed by atoms with Gasteiger partial charge in [0.1, 0.15) is 0 Å². The first kappa shape index (κ1) is 18.6. The van der Waals surface area contributed by atoms with Crippen LogP contribution in [0.4, 0.5) is 0 Å². The quantitative estimate of drug-likeness (QED) is 0.721. The van der Waals surface area contributed by atoms with E-state index in [2.05, 4.69) is 34.9 Å². The minimum absolute atomic E-state index is 0.0519. The molecule has 3 rings (SSSR count). The van der Waals surface area contributed by atoms with Gasteiger partial charge in [0, 0.05) is 5.56 Å². The van der Waals surface area contributed by atoms with Gasteiger partial charge in [-0.25, -0.2) is 0 Å². The highest BCUT2D eigenvalue weighted by Gasteiger charge is 2.12. The standard InChI is InChI=1S/C23H24N2O2/c1-15-8-9-21(12-16(15)2)23(27)24-14-22(26)25-17(3)19-11-10-18-6-4-5-7-20(18)13-19/h4-13,17H,14H2,1-3H3,(H,24,27)(H,25,26). The van der Waals surface area contributed by atoms with Gasteiger partial charge < -0.3 is 10.6 Å². The van der Waals surface area contributed by atoms with Gasteiger partial charge in [-0.1, -0.05) is 42.5 Å². The maximum absolute atomic E-state index is 12.2. The lowest BCUT2D eigenvalue weighted by Gasteiger charge is -2.15. The van der Waals surface area contributed by atoms with Crippen molar-refractivity contribution < 1.29 is 9.59 Å². The molecule has 2 amide bonds. The molecule has 3 aromatic carbocycles. The van der Waals surface area contributed by atoms with Crippen LogP contribution in [0.5, 0.6) is 0 Å². The Balaban J connectivity index is 1.57. The molecule has 0 saturated heterocycles. The van der Waals surface area contributed by atoms with Crippen LogP contribution in [-0.4, -0.2) is 18.4 Å². The second kappa shape index (κ2) is 8.04. The third-order valence-electron chi connectivity index (χ3n) is 4.83. The third-order valence-corrected chi connectivity index (χ3v) is 4.83. The lowest BCUT2D eigenvalue weighted by Crippen LogP contribution is -2.38. The Kier molecular flexibility index (Phi) is 5.55. The first-order valence-corrected chi connectivity index (χ1v) is 9.07. The summed E-state index contributed by atoms with van der Waals surface area (Å²) in [5, 5.41) is 7.92. The number of amides is 2. The van der Waals surface area contributed by atoms with Crippen LogP contribution in [0.3, 0.4) is 0 Å². The number of fused-ring (bicyclic) bond motifs is 1. The predicted molar refractivity (Wildman–Crippen MR) is 109 cm³/mol. The summed E-state index contributed by atoms with van der Waals surface area (Å²) >= 11 is 0. The molecular formula is C23H24N2O2. The van der Waals surface area contributed by atoms with Crippen molar-refractivity contribution in [2.75, 3.05) is 6.54 Å². The number of rotatable bonds is 5. The fourth-order valence-electron chi connectivity index (χ4n) is 3.00. The Hall–Kier alpha value is -3.14. The molecule has 27 heavy (non-hydrogen) atoms. The van der Waals surface area contributed by atoms with Crippen LogP contribution in [0.2, 0.25) is 0 Å². The van der Waals surface area contributed by atoms with Gasteiger partial charge in [-0.05, 0) is 66.4 Å². The molecule has 2 N–H and O–H groups in total. The molecule has 0 saturated carbocycles. The second-order valence-electron chi connectivity index (χ2n) is 6.88. The van der Waals surface area contributed by atoms with Gasteiger partial charge >= 0.3 is 0 Å². The monoisotopic (exact) mass is 360 g/mol. The highest BCUT2D eigenvalue weighted by atomic mass is 16.2. The summed E-state index contributed by atoms with van der Waals surface area (Å²) in [5.41, 5.74) is 3.78. The lowest BCUT2D eigenvalue weighted by atomic mass is 10.0. The molecule has 3 aromatic rings. The van der Waals surface area contributed by atoms with E-state index in [0.717, 1.165) is 22.1 Å².